The van der Waals surface area contributed by atoms with Gasteiger partial charge in [0.2, 0.25) is 5.65 Å². The zero-order chi connectivity index (χ0) is 17.4. The molecule has 6 nitrogen and oxygen atoms in total. The Balaban J connectivity index is 1.85. The summed E-state index contributed by atoms with van der Waals surface area (Å²) in [5, 5.41) is 11.9. The average molecular weight is 331 g/mol. The van der Waals surface area contributed by atoms with E-state index in [0.29, 0.717) is 17.0 Å². The molecule has 4 rings (SSSR count). The fourth-order valence-electron chi connectivity index (χ4n) is 2.88. The van der Waals surface area contributed by atoms with E-state index in [9.17, 15) is 4.79 Å². The molecular weight excluding hydrogens is 314 g/mol. The van der Waals surface area contributed by atoms with Crippen molar-refractivity contribution in [3.63, 3.8) is 0 Å². The molecule has 0 saturated heterocycles. The standard InChI is InChI=1S/C19H17N5O/c1-3-17-22-23-19-18(20-14-10-8-13(9-11-14)12(2)25)21-15-6-4-5-7-16(15)24(17)19/h4-11H,3H2,1-2H3,(H,20,21). The highest BCUT2D eigenvalue weighted by Crippen LogP contribution is 2.24. The molecule has 0 aliphatic rings. The Morgan fingerprint density at radius 2 is 1.84 bits per heavy atom. The van der Waals surface area contributed by atoms with Crippen LogP contribution in [-0.2, 0) is 6.42 Å². The number of benzene rings is 2. The normalized spacial score (nSPS) is 11.1. The van der Waals surface area contributed by atoms with Crippen LogP contribution in [0, 0.1) is 0 Å². The number of ketones is 1. The predicted octanol–water partition coefficient (Wildman–Crippen LogP) is 3.79. The fraction of sp³-hybridized carbons (Fsp3) is 0.158. The summed E-state index contributed by atoms with van der Waals surface area (Å²) < 4.78 is 2.04. The third-order valence-corrected chi connectivity index (χ3v) is 4.17. The number of carbonyl (C=O) groups excluding carboxylic acids is 1. The van der Waals surface area contributed by atoms with E-state index in [2.05, 4.69) is 22.4 Å². The van der Waals surface area contributed by atoms with Crippen molar-refractivity contribution in [2.24, 2.45) is 0 Å². The van der Waals surface area contributed by atoms with E-state index in [-0.39, 0.29) is 5.78 Å². The molecule has 2 aromatic carbocycles. The maximum atomic E-state index is 11.4. The number of carbonyl (C=O) groups is 1. The van der Waals surface area contributed by atoms with Crippen LogP contribution in [0.15, 0.2) is 48.5 Å². The minimum atomic E-state index is 0.0443. The lowest BCUT2D eigenvalue weighted by Crippen LogP contribution is -2.02. The van der Waals surface area contributed by atoms with Crippen molar-refractivity contribution < 1.29 is 4.79 Å². The minimum Gasteiger partial charge on any atom is -0.337 e. The highest BCUT2D eigenvalue weighted by Gasteiger charge is 2.14. The van der Waals surface area contributed by atoms with Gasteiger partial charge in [-0.3, -0.25) is 9.20 Å². The molecular formula is C19H17N5O. The summed E-state index contributed by atoms with van der Waals surface area (Å²) in [5.41, 5.74) is 4.06. The molecule has 0 aliphatic carbocycles. The van der Waals surface area contributed by atoms with Gasteiger partial charge >= 0.3 is 0 Å². The van der Waals surface area contributed by atoms with Crippen molar-refractivity contribution >= 4 is 34.0 Å². The van der Waals surface area contributed by atoms with Gasteiger partial charge in [-0.2, -0.15) is 0 Å². The number of aryl methyl sites for hydroxylation is 1. The zero-order valence-corrected chi connectivity index (χ0v) is 14.0. The second-order valence-corrected chi connectivity index (χ2v) is 5.84. The van der Waals surface area contributed by atoms with Crippen LogP contribution < -0.4 is 5.32 Å². The Morgan fingerprint density at radius 1 is 1.08 bits per heavy atom. The monoisotopic (exact) mass is 331 g/mol. The van der Waals surface area contributed by atoms with Gasteiger partial charge in [-0.1, -0.05) is 19.1 Å². The molecule has 124 valence electrons. The highest BCUT2D eigenvalue weighted by atomic mass is 16.1. The Bertz CT molecular complexity index is 1080. The van der Waals surface area contributed by atoms with Crippen molar-refractivity contribution in [2.45, 2.75) is 20.3 Å². The number of fused-ring (bicyclic) bond motifs is 3. The van der Waals surface area contributed by atoms with E-state index < -0.39 is 0 Å². The Hall–Kier alpha value is -3.28. The third kappa shape index (κ3) is 2.61. The van der Waals surface area contributed by atoms with Crippen molar-refractivity contribution in [3.05, 3.63) is 59.9 Å². The predicted molar refractivity (Wildman–Crippen MR) is 97.4 cm³/mol. The molecule has 0 bridgehead atoms. The Morgan fingerprint density at radius 3 is 2.56 bits per heavy atom. The lowest BCUT2D eigenvalue weighted by molar-refractivity contribution is 0.101. The van der Waals surface area contributed by atoms with Crippen molar-refractivity contribution in [2.75, 3.05) is 5.32 Å². The van der Waals surface area contributed by atoms with Gasteiger partial charge in [0.05, 0.1) is 11.0 Å². The van der Waals surface area contributed by atoms with Gasteiger partial charge in [0.1, 0.15) is 5.82 Å². The van der Waals surface area contributed by atoms with E-state index >= 15 is 0 Å². The largest absolute Gasteiger partial charge is 0.337 e. The maximum Gasteiger partial charge on any atom is 0.204 e. The van der Waals surface area contributed by atoms with E-state index in [1.165, 1.54) is 0 Å². The molecule has 0 aliphatic heterocycles. The molecule has 0 unspecified atom stereocenters. The highest BCUT2D eigenvalue weighted by molar-refractivity contribution is 5.94. The second-order valence-electron chi connectivity index (χ2n) is 5.84. The zero-order valence-electron chi connectivity index (χ0n) is 14.0. The van der Waals surface area contributed by atoms with E-state index in [1.54, 1.807) is 19.1 Å². The van der Waals surface area contributed by atoms with Gasteiger partial charge in [-0.15, -0.1) is 10.2 Å². The number of para-hydroxylation sites is 2. The van der Waals surface area contributed by atoms with E-state index in [4.69, 9.17) is 4.98 Å². The van der Waals surface area contributed by atoms with Crippen molar-refractivity contribution in [1.29, 1.82) is 0 Å². The topological polar surface area (TPSA) is 72.2 Å². The molecule has 0 saturated carbocycles. The molecule has 2 heterocycles. The number of anilines is 2. The number of aromatic nitrogens is 4. The van der Waals surface area contributed by atoms with Crippen LogP contribution in [-0.4, -0.2) is 25.4 Å². The lowest BCUT2D eigenvalue weighted by atomic mass is 10.1. The maximum absolute atomic E-state index is 11.4. The SMILES string of the molecule is CCc1nnc2c(Nc3ccc(C(C)=O)cc3)nc3ccccc3n12. The van der Waals surface area contributed by atoms with E-state index in [1.807, 2.05) is 40.8 Å². The van der Waals surface area contributed by atoms with Crippen LogP contribution >= 0.6 is 0 Å². The first-order valence-electron chi connectivity index (χ1n) is 8.18. The van der Waals surface area contributed by atoms with Gasteiger partial charge in [-0.05, 0) is 43.3 Å². The van der Waals surface area contributed by atoms with Crippen LogP contribution in [0.5, 0.6) is 0 Å². The number of nitrogens with zero attached hydrogens (tertiary/aromatic N) is 4. The molecule has 1 N–H and O–H groups in total. The van der Waals surface area contributed by atoms with E-state index in [0.717, 1.165) is 29.0 Å². The number of rotatable bonds is 4. The molecule has 0 fully saturated rings. The first kappa shape index (κ1) is 15.3. The Labute approximate surface area is 144 Å². The molecule has 4 aromatic rings. The molecule has 0 atom stereocenters. The molecule has 0 radical (unpaired) electrons. The second kappa shape index (κ2) is 5.98. The van der Waals surface area contributed by atoms with Gasteiger partial charge in [-0.25, -0.2) is 4.98 Å². The summed E-state index contributed by atoms with van der Waals surface area (Å²) >= 11 is 0. The number of hydrogen-bond donors (Lipinski definition) is 1. The van der Waals surface area contributed by atoms with Crippen molar-refractivity contribution in [1.82, 2.24) is 19.6 Å². The summed E-state index contributed by atoms with van der Waals surface area (Å²) in [6, 6.07) is 15.2. The number of nitrogens with one attached hydrogen (secondary N) is 1. The first-order chi connectivity index (χ1) is 12.2. The lowest BCUT2D eigenvalue weighted by Gasteiger charge is -2.10. The van der Waals surface area contributed by atoms with Crippen LogP contribution in [0.25, 0.3) is 16.7 Å². The van der Waals surface area contributed by atoms with Gasteiger partial charge in [0.15, 0.2) is 11.6 Å². The molecule has 25 heavy (non-hydrogen) atoms. The minimum absolute atomic E-state index is 0.0443. The smallest absolute Gasteiger partial charge is 0.204 e. The number of Topliss-reactive ketones (excluding diaryl/α,β-unsaturated/α-hetero) is 1. The van der Waals surface area contributed by atoms with Crippen LogP contribution in [0.2, 0.25) is 0 Å². The van der Waals surface area contributed by atoms with Crippen LogP contribution in [0.1, 0.15) is 30.0 Å². The van der Waals surface area contributed by atoms with Crippen LogP contribution in [0.4, 0.5) is 11.5 Å². The summed E-state index contributed by atoms with van der Waals surface area (Å²) in [6.45, 7) is 3.61. The summed E-state index contributed by atoms with van der Waals surface area (Å²) in [5.74, 6) is 1.58. The summed E-state index contributed by atoms with van der Waals surface area (Å²) in [6.07, 6.45) is 0.780. The van der Waals surface area contributed by atoms with Crippen molar-refractivity contribution in [3.8, 4) is 0 Å². The van der Waals surface area contributed by atoms with Gasteiger partial charge in [0, 0.05) is 17.7 Å². The van der Waals surface area contributed by atoms with Crippen LogP contribution in [0.3, 0.4) is 0 Å². The first-order valence-corrected chi connectivity index (χ1v) is 8.18. The quantitative estimate of drug-likeness (QED) is 0.576. The number of hydrogen-bond acceptors (Lipinski definition) is 5. The molecule has 0 amide bonds. The van der Waals surface area contributed by atoms with Gasteiger partial charge < -0.3 is 5.32 Å². The molecule has 2 aromatic heterocycles. The third-order valence-electron chi connectivity index (χ3n) is 4.17. The van der Waals surface area contributed by atoms with Gasteiger partial charge in [0.25, 0.3) is 0 Å². The Kier molecular flexibility index (Phi) is 3.65. The fourth-order valence-corrected chi connectivity index (χ4v) is 2.88. The molecule has 0 spiro atoms. The summed E-state index contributed by atoms with van der Waals surface area (Å²) in [4.78, 5) is 16.1. The summed E-state index contributed by atoms with van der Waals surface area (Å²) in [7, 11) is 0. The molecule has 6 heteroatoms. The average Bonchev–Trinajstić information content (AvgIpc) is 3.07.